The van der Waals surface area contributed by atoms with Crippen LogP contribution in [0.15, 0.2) is 27.0 Å². The van der Waals surface area contributed by atoms with Gasteiger partial charge in [-0.15, -0.1) is 0 Å². The minimum Gasteiger partial charge on any atom is -0.394 e. The quantitative estimate of drug-likeness (QED) is 0.426. The maximum absolute atomic E-state index is 11.6. The van der Waals surface area contributed by atoms with Crippen LogP contribution >= 0.6 is 0 Å². The summed E-state index contributed by atoms with van der Waals surface area (Å²) in [5.41, 5.74) is 7.29. The summed E-state index contributed by atoms with van der Waals surface area (Å²) in [5, 5.41) is 12.6. The number of rotatable bonds is 3. The Hall–Kier alpha value is -2.09. The number of aliphatic hydroxyl groups is 1. The maximum Gasteiger partial charge on any atom is 0.330 e. The largest absolute Gasteiger partial charge is 0.394 e. The predicted octanol–water partition coefficient (Wildman–Crippen LogP) is -0.505. The predicted molar refractivity (Wildman–Crippen MR) is 59.9 cm³/mol. The fraction of sp³-hybridized carbons (Fsp3) is 0.556. The van der Waals surface area contributed by atoms with E-state index < -0.39 is 29.6 Å². The summed E-state index contributed by atoms with van der Waals surface area (Å²) in [6.45, 7) is -0.230. The molecule has 2 N–H and O–H groups in total. The van der Waals surface area contributed by atoms with E-state index in [4.69, 9.17) is 15.4 Å². The molecule has 0 aliphatic carbocycles. The normalized spacial score (nSPS) is 26.8. The first-order valence-electron chi connectivity index (χ1n) is 5.27. The van der Waals surface area contributed by atoms with Crippen LogP contribution < -0.4 is 11.2 Å². The van der Waals surface area contributed by atoms with Crippen molar-refractivity contribution in [1.29, 1.82) is 0 Å². The summed E-state index contributed by atoms with van der Waals surface area (Å²) in [4.78, 5) is 27.3. The Labute approximate surface area is 100 Å². The minimum absolute atomic E-state index is 0.230. The monoisotopic (exact) mass is 253 g/mol. The van der Waals surface area contributed by atoms with E-state index in [0.29, 0.717) is 6.42 Å². The van der Waals surface area contributed by atoms with Gasteiger partial charge in [-0.25, -0.2) is 4.79 Å². The topological polar surface area (TPSA) is 133 Å². The van der Waals surface area contributed by atoms with E-state index in [1.165, 1.54) is 12.3 Å². The molecule has 1 aromatic rings. The standard InChI is InChI=1S/C9H11N5O4/c10-13-12-6-3-5(4-15)18-8(6)14-2-1-7(16)11-9(14)17/h1-2,5-6,8,15H,3-4H2,(H,11,16,17)/t5-,6?,8+/m0/s1. The Morgan fingerprint density at radius 2 is 2.44 bits per heavy atom. The molecule has 1 aromatic heterocycles. The van der Waals surface area contributed by atoms with Crippen LogP contribution in [0.25, 0.3) is 10.4 Å². The number of H-pyrrole nitrogens is 1. The summed E-state index contributed by atoms with van der Waals surface area (Å²) in [6.07, 6.45) is 0.272. The number of nitrogens with zero attached hydrogens (tertiary/aromatic N) is 4. The first kappa shape index (κ1) is 12.4. The molecule has 0 amide bonds. The van der Waals surface area contributed by atoms with Gasteiger partial charge >= 0.3 is 5.69 Å². The summed E-state index contributed by atoms with van der Waals surface area (Å²) >= 11 is 0. The number of nitrogens with one attached hydrogen (secondary N) is 1. The lowest BCUT2D eigenvalue weighted by Crippen LogP contribution is -2.34. The van der Waals surface area contributed by atoms with Crippen molar-refractivity contribution in [3.05, 3.63) is 43.5 Å². The van der Waals surface area contributed by atoms with Gasteiger partial charge in [-0.1, -0.05) is 5.11 Å². The fourth-order valence-corrected chi connectivity index (χ4v) is 1.90. The molecule has 1 saturated heterocycles. The number of hydrogen-bond acceptors (Lipinski definition) is 5. The van der Waals surface area contributed by atoms with Gasteiger partial charge in [-0.05, 0) is 12.0 Å². The molecule has 1 aliphatic heterocycles. The molecular formula is C9H11N5O4. The number of aliphatic hydroxyl groups excluding tert-OH is 1. The molecule has 2 rings (SSSR count). The van der Waals surface area contributed by atoms with Crippen LogP contribution in [0.1, 0.15) is 12.6 Å². The van der Waals surface area contributed by atoms with E-state index in [2.05, 4.69) is 15.0 Å². The number of azide groups is 1. The molecule has 2 heterocycles. The van der Waals surface area contributed by atoms with Gasteiger partial charge in [0, 0.05) is 17.2 Å². The highest BCUT2D eigenvalue weighted by Gasteiger charge is 2.36. The van der Waals surface area contributed by atoms with Crippen molar-refractivity contribution < 1.29 is 9.84 Å². The van der Waals surface area contributed by atoms with Gasteiger partial charge in [0.25, 0.3) is 5.56 Å². The van der Waals surface area contributed by atoms with E-state index in [0.717, 1.165) is 4.57 Å². The molecular weight excluding hydrogens is 242 g/mol. The van der Waals surface area contributed by atoms with Crippen molar-refractivity contribution in [1.82, 2.24) is 9.55 Å². The lowest BCUT2D eigenvalue weighted by Gasteiger charge is -2.17. The average molecular weight is 253 g/mol. The lowest BCUT2D eigenvalue weighted by atomic mass is 10.2. The van der Waals surface area contributed by atoms with Crippen molar-refractivity contribution >= 4 is 0 Å². The molecule has 0 aromatic carbocycles. The van der Waals surface area contributed by atoms with Crippen LogP contribution in [0, 0.1) is 0 Å². The van der Waals surface area contributed by atoms with Gasteiger partial charge < -0.3 is 9.84 Å². The van der Waals surface area contributed by atoms with Crippen molar-refractivity contribution in [2.75, 3.05) is 6.61 Å². The number of aromatic nitrogens is 2. The molecule has 1 fully saturated rings. The second-order valence-corrected chi connectivity index (χ2v) is 3.86. The molecule has 18 heavy (non-hydrogen) atoms. The highest BCUT2D eigenvalue weighted by Crippen LogP contribution is 2.29. The average Bonchev–Trinajstić information content (AvgIpc) is 2.73. The molecule has 0 bridgehead atoms. The van der Waals surface area contributed by atoms with E-state index in [-0.39, 0.29) is 6.61 Å². The van der Waals surface area contributed by atoms with Gasteiger partial charge in [0.05, 0.1) is 18.8 Å². The Balaban J connectivity index is 2.38. The molecule has 96 valence electrons. The molecule has 0 spiro atoms. The second kappa shape index (κ2) is 5.05. The minimum atomic E-state index is -0.817. The SMILES string of the molecule is [N-]=[N+]=NC1C[C@@H](CO)O[C@H]1n1ccc(=O)[nH]c1=O. The number of ether oxygens (including phenoxy) is 1. The summed E-state index contributed by atoms with van der Waals surface area (Å²) in [6, 6.07) is 0.570. The van der Waals surface area contributed by atoms with Crippen LogP contribution in [0.3, 0.4) is 0 Å². The molecule has 9 nitrogen and oxygen atoms in total. The highest BCUT2D eigenvalue weighted by molar-refractivity contribution is 4.91. The third-order valence-electron chi connectivity index (χ3n) is 2.69. The van der Waals surface area contributed by atoms with E-state index in [1.807, 2.05) is 0 Å². The van der Waals surface area contributed by atoms with Crippen LogP contribution in [-0.4, -0.2) is 33.4 Å². The van der Waals surface area contributed by atoms with Gasteiger partial charge in [0.2, 0.25) is 0 Å². The Kier molecular flexibility index (Phi) is 3.47. The van der Waals surface area contributed by atoms with Crippen LogP contribution in [-0.2, 0) is 4.74 Å². The lowest BCUT2D eigenvalue weighted by molar-refractivity contribution is -0.0279. The maximum atomic E-state index is 11.6. The molecule has 0 saturated carbocycles. The Morgan fingerprint density at radius 1 is 1.67 bits per heavy atom. The van der Waals surface area contributed by atoms with E-state index >= 15 is 0 Å². The zero-order valence-electron chi connectivity index (χ0n) is 9.26. The first-order chi connectivity index (χ1) is 8.65. The molecule has 3 atom stereocenters. The zero-order valence-corrected chi connectivity index (χ0v) is 9.26. The van der Waals surface area contributed by atoms with Crippen molar-refractivity contribution in [2.45, 2.75) is 24.8 Å². The number of aromatic amines is 1. The number of hydrogen-bond donors (Lipinski definition) is 2. The third kappa shape index (κ3) is 2.28. The molecule has 0 radical (unpaired) electrons. The second-order valence-electron chi connectivity index (χ2n) is 3.86. The Morgan fingerprint density at radius 3 is 3.06 bits per heavy atom. The summed E-state index contributed by atoms with van der Waals surface area (Å²) in [7, 11) is 0. The summed E-state index contributed by atoms with van der Waals surface area (Å²) in [5.74, 6) is 0. The third-order valence-corrected chi connectivity index (χ3v) is 2.69. The molecule has 1 unspecified atom stereocenters. The van der Waals surface area contributed by atoms with Gasteiger partial charge in [-0.2, -0.15) is 0 Å². The van der Waals surface area contributed by atoms with E-state index in [1.54, 1.807) is 0 Å². The van der Waals surface area contributed by atoms with Crippen molar-refractivity contribution in [2.24, 2.45) is 5.11 Å². The zero-order chi connectivity index (χ0) is 13.1. The van der Waals surface area contributed by atoms with Gasteiger partial charge in [0.1, 0.15) is 6.23 Å². The van der Waals surface area contributed by atoms with Crippen molar-refractivity contribution in [3.8, 4) is 0 Å². The van der Waals surface area contributed by atoms with Crippen LogP contribution in [0.2, 0.25) is 0 Å². The summed E-state index contributed by atoms with van der Waals surface area (Å²) < 4.78 is 6.54. The van der Waals surface area contributed by atoms with Crippen LogP contribution in [0.4, 0.5) is 0 Å². The van der Waals surface area contributed by atoms with E-state index in [9.17, 15) is 9.59 Å². The molecule has 9 heteroatoms. The van der Waals surface area contributed by atoms with Gasteiger partial charge in [-0.3, -0.25) is 14.3 Å². The highest BCUT2D eigenvalue weighted by atomic mass is 16.5. The van der Waals surface area contributed by atoms with Crippen LogP contribution in [0.5, 0.6) is 0 Å². The van der Waals surface area contributed by atoms with Gasteiger partial charge in [0.15, 0.2) is 0 Å². The Bertz CT molecular complexity index is 587. The van der Waals surface area contributed by atoms with Crippen molar-refractivity contribution in [3.63, 3.8) is 0 Å². The smallest absolute Gasteiger partial charge is 0.330 e. The molecule has 1 aliphatic rings. The first-order valence-corrected chi connectivity index (χ1v) is 5.27. The fourth-order valence-electron chi connectivity index (χ4n) is 1.90.